The lowest BCUT2D eigenvalue weighted by Crippen LogP contribution is -2.61. The zero-order chi connectivity index (χ0) is 16.7. The Morgan fingerprint density at radius 2 is 1.96 bits per heavy atom. The summed E-state index contributed by atoms with van der Waals surface area (Å²) in [6.45, 7) is -0.286. The molecule has 0 spiro atoms. The highest BCUT2D eigenvalue weighted by Gasteiger charge is 2.57. The highest BCUT2D eigenvalue weighted by atomic mass is 32.2. The van der Waals surface area contributed by atoms with Gasteiger partial charge in [-0.05, 0) is 31.0 Å². The molecule has 1 aromatic heterocycles. The van der Waals surface area contributed by atoms with Crippen molar-refractivity contribution in [1.29, 1.82) is 0 Å². The van der Waals surface area contributed by atoms with Crippen LogP contribution >= 0.6 is 11.3 Å². The minimum atomic E-state index is -4.70. The minimum absolute atomic E-state index is 0.143. The molecule has 1 saturated heterocycles. The number of sulfonamides is 1. The Morgan fingerprint density at radius 1 is 1.26 bits per heavy atom. The second-order valence-corrected chi connectivity index (χ2v) is 7.85. The van der Waals surface area contributed by atoms with Gasteiger partial charge < -0.3 is 4.74 Å². The fourth-order valence-electron chi connectivity index (χ4n) is 2.48. The van der Waals surface area contributed by atoms with Crippen molar-refractivity contribution in [2.75, 3.05) is 13.2 Å². The van der Waals surface area contributed by atoms with Crippen LogP contribution in [-0.2, 0) is 14.8 Å². The van der Waals surface area contributed by atoms with Crippen molar-refractivity contribution in [3.63, 3.8) is 0 Å². The number of thiazole rings is 1. The van der Waals surface area contributed by atoms with Crippen LogP contribution in [0.15, 0.2) is 28.6 Å². The van der Waals surface area contributed by atoms with E-state index in [2.05, 4.69) is 4.98 Å². The number of halogens is 3. The van der Waals surface area contributed by atoms with Gasteiger partial charge in [0.25, 0.3) is 0 Å². The van der Waals surface area contributed by atoms with Gasteiger partial charge in [-0.3, -0.25) is 0 Å². The number of fused-ring (bicyclic) bond motifs is 1. The molecule has 5 nitrogen and oxygen atoms in total. The Hall–Kier alpha value is -1.23. The zero-order valence-corrected chi connectivity index (χ0v) is 13.4. The maximum Gasteiger partial charge on any atom is 0.407 e. The lowest BCUT2D eigenvalue weighted by Gasteiger charge is -2.38. The van der Waals surface area contributed by atoms with Gasteiger partial charge in [-0.15, -0.1) is 11.3 Å². The third-order valence-electron chi connectivity index (χ3n) is 3.83. The first kappa shape index (κ1) is 16.6. The van der Waals surface area contributed by atoms with Crippen LogP contribution in [0.4, 0.5) is 13.2 Å². The molecule has 10 heteroatoms. The molecule has 1 aliphatic rings. The molecule has 1 aliphatic heterocycles. The normalized spacial score (nSPS) is 19.1. The fraction of sp³-hybridized carbons (Fsp3) is 0.462. The molecule has 1 fully saturated rings. The van der Waals surface area contributed by atoms with Gasteiger partial charge in [-0.2, -0.15) is 17.9 Å². The van der Waals surface area contributed by atoms with Crippen LogP contribution in [0.2, 0.25) is 0 Å². The summed E-state index contributed by atoms with van der Waals surface area (Å²) in [4.78, 5) is 3.81. The summed E-state index contributed by atoms with van der Waals surface area (Å²) in [5.74, 6) is 0. The molecule has 0 amide bonds. The summed E-state index contributed by atoms with van der Waals surface area (Å²) in [6, 6.07) is 4.07. The average molecular weight is 366 g/mol. The van der Waals surface area contributed by atoms with Crippen LogP contribution in [0.3, 0.4) is 0 Å². The quantitative estimate of drug-likeness (QED) is 0.907. The third-order valence-corrected chi connectivity index (χ3v) is 6.16. The van der Waals surface area contributed by atoms with Crippen molar-refractivity contribution in [2.24, 2.45) is 0 Å². The number of aromatic nitrogens is 1. The fourth-order valence-corrected chi connectivity index (χ4v) is 4.75. The lowest BCUT2D eigenvalue weighted by molar-refractivity contribution is -0.210. The molecule has 0 atom stereocenters. The molecule has 0 radical (unpaired) electrons. The number of ether oxygens (including phenoxy) is 1. The summed E-state index contributed by atoms with van der Waals surface area (Å²) >= 11 is 1.22. The molecule has 0 aliphatic carbocycles. The molecule has 126 valence electrons. The van der Waals surface area contributed by atoms with E-state index in [1.54, 1.807) is 5.51 Å². The van der Waals surface area contributed by atoms with Crippen LogP contribution in [0.5, 0.6) is 0 Å². The Bertz CT molecular complexity index is 811. The maximum atomic E-state index is 13.5. The van der Waals surface area contributed by atoms with Gasteiger partial charge >= 0.3 is 6.18 Å². The minimum Gasteiger partial charge on any atom is -0.381 e. The van der Waals surface area contributed by atoms with Crippen LogP contribution in [0.1, 0.15) is 12.8 Å². The van der Waals surface area contributed by atoms with Crippen molar-refractivity contribution >= 4 is 31.6 Å². The van der Waals surface area contributed by atoms with E-state index in [0.29, 0.717) is 10.2 Å². The van der Waals surface area contributed by atoms with Gasteiger partial charge in [0, 0.05) is 13.2 Å². The van der Waals surface area contributed by atoms with Crippen LogP contribution in [0.25, 0.3) is 10.2 Å². The van der Waals surface area contributed by atoms with E-state index in [4.69, 9.17) is 4.74 Å². The topological polar surface area (TPSA) is 68.3 Å². The monoisotopic (exact) mass is 366 g/mol. The van der Waals surface area contributed by atoms with Gasteiger partial charge in [0.1, 0.15) is 5.54 Å². The van der Waals surface area contributed by atoms with Crippen molar-refractivity contribution in [3.05, 3.63) is 23.7 Å². The molecule has 2 heterocycles. The van der Waals surface area contributed by atoms with E-state index < -0.39 is 34.6 Å². The van der Waals surface area contributed by atoms with Crippen LogP contribution < -0.4 is 4.72 Å². The first-order valence-corrected chi connectivity index (χ1v) is 9.12. The van der Waals surface area contributed by atoms with E-state index in [0.717, 1.165) is 0 Å². The Balaban J connectivity index is 1.97. The highest BCUT2D eigenvalue weighted by molar-refractivity contribution is 7.89. The van der Waals surface area contributed by atoms with E-state index >= 15 is 0 Å². The summed E-state index contributed by atoms with van der Waals surface area (Å²) in [5.41, 5.74) is -0.345. The molecular formula is C13H13F3N2O3S2. The summed E-state index contributed by atoms with van der Waals surface area (Å²) in [5, 5.41) is 0. The van der Waals surface area contributed by atoms with E-state index in [-0.39, 0.29) is 18.1 Å². The zero-order valence-electron chi connectivity index (χ0n) is 11.8. The largest absolute Gasteiger partial charge is 0.407 e. The maximum absolute atomic E-state index is 13.5. The molecule has 0 unspecified atom stereocenters. The number of hydrogen-bond donors (Lipinski definition) is 1. The summed E-state index contributed by atoms with van der Waals surface area (Å²) < 4.78 is 72.7. The molecular weight excluding hydrogens is 353 g/mol. The molecule has 1 N–H and O–H groups in total. The first-order chi connectivity index (χ1) is 10.7. The number of benzene rings is 1. The predicted molar refractivity (Wildman–Crippen MR) is 78.8 cm³/mol. The Labute approximate surface area is 134 Å². The smallest absolute Gasteiger partial charge is 0.381 e. The SMILES string of the molecule is O=S(=O)(NC1(C(F)(F)F)CCOCC1)c1ccc2ncsc2c1. The van der Waals surface area contributed by atoms with E-state index in [1.807, 2.05) is 4.72 Å². The van der Waals surface area contributed by atoms with Gasteiger partial charge in [0.15, 0.2) is 0 Å². The standard InChI is InChI=1S/C13H13F3N2O3S2/c14-13(15,16)12(3-5-21-6-4-12)18-23(19,20)9-1-2-10-11(7-9)22-8-17-10/h1-2,7-8,18H,3-6H2. The number of rotatable bonds is 3. The Kier molecular flexibility index (Phi) is 4.11. The highest BCUT2D eigenvalue weighted by Crippen LogP contribution is 2.39. The Morgan fingerprint density at radius 3 is 2.61 bits per heavy atom. The molecule has 1 aromatic carbocycles. The van der Waals surface area contributed by atoms with Crippen molar-refractivity contribution in [1.82, 2.24) is 9.71 Å². The number of alkyl halides is 3. The first-order valence-electron chi connectivity index (χ1n) is 6.75. The molecule has 0 saturated carbocycles. The predicted octanol–water partition coefficient (Wildman–Crippen LogP) is 2.69. The van der Waals surface area contributed by atoms with E-state index in [9.17, 15) is 21.6 Å². The second kappa shape index (κ2) is 5.69. The van der Waals surface area contributed by atoms with Crippen LogP contribution in [-0.4, -0.2) is 38.3 Å². The number of hydrogen-bond acceptors (Lipinski definition) is 5. The van der Waals surface area contributed by atoms with Crippen molar-refractivity contribution in [3.8, 4) is 0 Å². The van der Waals surface area contributed by atoms with Gasteiger partial charge in [-0.25, -0.2) is 13.4 Å². The van der Waals surface area contributed by atoms with Crippen molar-refractivity contribution < 1.29 is 26.3 Å². The number of nitrogens with one attached hydrogen (secondary N) is 1. The lowest BCUT2D eigenvalue weighted by atomic mass is 9.91. The van der Waals surface area contributed by atoms with Gasteiger partial charge in [0.05, 0.1) is 20.6 Å². The summed E-state index contributed by atoms with van der Waals surface area (Å²) in [7, 11) is -4.32. The molecule has 2 aromatic rings. The third kappa shape index (κ3) is 3.08. The van der Waals surface area contributed by atoms with E-state index in [1.165, 1.54) is 29.5 Å². The molecule has 0 bridgehead atoms. The molecule has 23 heavy (non-hydrogen) atoms. The molecule has 3 rings (SSSR count). The van der Waals surface area contributed by atoms with Gasteiger partial charge in [0.2, 0.25) is 10.0 Å². The average Bonchev–Trinajstić information content (AvgIpc) is 2.94. The van der Waals surface area contributed by atoms with Gasteiger partial charge in [-0.1, -0.05) is 0 Å². The van der Waals surface area contributed by atoms with Crippen molar-refractivity contribution in [2.45, 2.75) is 29.5 Å². The summed E-state index contributed by atoms with van der Waals surface area (Å²) in [6.07, 6.45) is -5.59. The van der Waals surface area contributed by atoms with Crippen LogP contribution in [0, 0.1) is 0 Å². The number of nitrogens with zero attached hydrogens (tertiary/aromatic N) is 1. The second-order valence-electron chi connectivity index (χ2n) is 5.28.